The third-order valence-electron chi connectivity index (χ3n) is 1.20. The average molecular weight is 247 g/mol. The second-order valence-electron chi connectivity index (χ2n) is 3.88. The number of nitrogens with two attached hydrogens (primary N) is 1. The van der Waals surface area contributed by atoms with Gasteiger partial charge in [-0.3, -0.25) is 4.79 Å². The third kappa shape index (κ3) is 4.61. The number of rotatable bonds is 4. The maximum absolute atomic E-state index is 10.7. The molecule has 0 aliphatic heterocycles. The van der Waals surface area contributed by atoms with Crippen LogP contribution in [0.1, 0.15) is 31.3 Å². The number of hydrogen-bond donors (Lipinski definition) is 2. The summed E-state index contributed by atoms with van der Waals surface area (Å²) < 4.78 is 5.78. The Morgan fingerprint density at radius 3 is 2.80 bits per heavy atom. The van der Waals surface area contributed by atoms with Crippen LogP contribution < -0.4 is 11.2 Å². The Bertz CT molecular complexity index is 346. The summed E-state index contributed by atoms with van der Waals surface area (Å²) in [4.78, 5) is 14.7. The first-order valence-corrected chi connectivity index (χ1v) is 5.86. The highest BCUT2D eigenvalue weighted by molar-refractivity contribution is 7.96. The molecule has 0 atom stereocenters. The molecule has 1 aromatic heterocycles. The molecule has 0 aliphatic rings. The molecule has 0 saturated heterocycles. The van der Waals surface area contributed by atoms with Crippen LogP contribution in [0.25, 0.3) is 0 Å². The van der Waals surface area contributed by atoms with Crippen LogP contribution in [0.3, 0.4) is 0 Å². The number of primary amides is 1. The van der Waals surface area contributed by atoms with Crippen LogP contribution >= 0.6 is 23.4 Å². The fraction of sp³-hybridized carbons (Fsp3) is 0.500. The van der Waals surface area contributed by atoms with Gasteiger partial charge in [-0.25, -0.2) is 9.27 Å². The lowest BCUT2D eigenvalue weighted by molar-refractivity contribution is 0.0995. The number of nitrogens with zero attached hydrogens (tertiary/aromatic N) is 1. The molecule has 1 aromatic rings. The van der Waals surface area contributed by atoms with Gasteiger partial charge < -0.3 is 5.73 Å². The van der Waals surface area contributed by atoms with Gasteiger partial charge in [0, 0.05) is 10.9 Å². The van der Waals surface area contributed by atoms with Crippen LogP contribution in [0, 0.1) is 0 Å². The zero-order valence-electron chi connectivity index (χ0n) is 8.73. The van der Waals surface area contributed by atoms with Crippen molar-refractivity contribution in [3.8, 4) is 0 Å². The molecule has 84 valence electrons. The van der Waals surface area contributed by atoms with Crippen molar-refractivity contribution in [1.29, 1.82) is 0 Å². The zero-order chi connectivity index (χ0) is 11.5. The Hall–Kier alpha value is -0.630. The van der Waals surface area contributed by atoms with Gasteiger partial charge in [0.05, 0.1) is 12.0 Å². The molecule has 0 radical (unpaired) electrons. The van der Waals surface area contributed by atoms with E-state index in [0.717, 1.165) is 12.0 Å². The summed E-state index contributed by atoms with van der Waals surface area (Å²) in [7, 11) is 0. The number of nitrogens with one attached hydrogen (secondary N) is 1. The minimum atomic E-state index is -0.526. The van der Waals surface area contributed by atoms with Gasteiger partial charge in [-0.15, -0.1) is 11.3 Å². The second kappa shape index (κ2) is 4.93. The molecule has 1 amide bonds. The SMILES string of the molecule is CC(C)(C)NOSc1nc(C(N)=O)cs1. The highest BCUT2D eigenvalue weighted by atomic mass is 32.2. The van der Waals surface area contributed by atoms with E-state index in [9.17, 15) is 4.79 Å². The van der Waals surface area contributed by atoms with Crippen molar-refractivity contribution in [2.24, 2.45) is 5.73 Å². The fourth-order valence-electron chi connectivity index (χ4n) is 0.590. The molecule has 15 heavy (non-hydrogen) atoms. The van der Waals surface area contributed by atoms with Gasteiger partial charge in [0.25, 0.3) is 5.91 Å². The molecule has 0 aromatic carbocycles. The van der Waals surface area contributed by atoms with Gasteiger partial charge in [-0.05, 0) is 20.8 Å². The molecule has 3 N–H and O–H groups in total. The molecule has 0 aliphatic carbocycles. The molecule has 0 saturated carbocycles. The highest BCUT2D eigenvalue weighted by Crippen LogP contribution is 2.23. The summed E-state index contributed by atoms with van der Waals surface area (Å²) in [5, 5.41) is 1.60. The molecular weight excluding hydrogens is 234 g/mol. The maximum Gasteiger partial charge on any atom is 0.268 e. The zero-order valence-corrected chi connectivity index (χ0v) is 10.4. The number of hydrogen-bond acceptors (Lipinski definition) is 6. The van der Waals surface area contributed by atoms with E-state index in [2.05, 4.69) is 10.5 Å². The van der Waals surface area contributed by atoms with E-state index in [0.29, 0.717) is 4.34 Å². The van der Waals surface area contributed by atoms with Crippen LogP contribution in [0.2, 0.25) is 0 Å². The van der Waals surface area contributed by atoms with E-state index < -0.39 is 5.91 Å². The summed E-state index contributed by atoms with van der Waals surface area (Å²) in [5.41, 5.74) is 8.02. The second-order valence-corrected chi connectivity index (χ2v) is 5.72. The predicted octanol–water partition coefficient (Wildman–Crippen LogP) is 1.57. The molecule has 0 spiro atoms. The van der Waals surface area contributed by atoms with E-state index in [1.54, 1.807) is 5.38 Å². The van der Waals surface area contributed by atoms with E-state index in [-0.39, 0.29) is 11.2 Å². The molecule has 7 heteroatoms. The molecule has 5 nitrogen and oxygen atoms in total. The molecule has 0 fully saturated rings. The first-order chi connectivity index (χ1) is 6.88. The van der Waals surface area contributed by atoms with Gasteiger partial charge in [-0.2, -0.15) is 5.48 Å². The van der Waals surface area contributed by atoms with E-state index in [4.69, 9.17) is 10.0 Å². The summed E-state index contributed by atoms with van der Waals surface area (Å²) in [6.07, 6.45) is 0. The van der Waals surface area contributed by atoms with Crippen LogP contribution in [-0.4, -0.2) is 16.4 Å². The Labute approximate surface area is 96.6 Å². The quantitative estimate of drug-likeness (QED) is 0.624. The van der Waals surface area contributed by atoms with Crippen molar-refractivity contribution in [2.45, 2.75) is 30.6 Å². The van der Waals surface area contributed by atoms with E-state index in [1.165, 1.54) is 11.3 Å². The van der Waals surface area contributed by atoms with Gasteiger partial charge in [0.1, 0.15) is 5.69 Å². The first-order valence-electron chi connectivity index (χ1n) is 4.24. The topological polar surface area (TPSA) is 77.2 Å². The normalized spacial score (nSPS) is 11.7. The minimum Gasteiger partial charge on any atom is -0.364 e. The van der Waals surface area contributed by atoms with Crippen LogP contribution in [0.5, 0.6) is 0 Å². The lowest BCUT2D eigenvalue weighted by Crippen LogP contribution is -2.33. The molecule has 1 rings (SSSR count). The standard InChI is InChI=1S/C8H13N3O2S2/c1-8(2,3)11-13-15-7-10-5(4-14-7)6(9)12/h4,11H,1-3H3,(H2,9,12). The van der Waals surface area contributed by atoms with Crippen LogP contribution in [-0.2, 0) is 4.28 Å². The number of carbonyl (C=O) groups excluding carboxylic acids is 1. The Morgan fingerprint density at radius 2 is 2.33 bits per heavy atom. The number of aromatic nitrogens is 1. The Morgan fingerprint density at radius 1 is 1.67 bits per heavy atom. The number of thiazole rings is 1. The molecule has 0 unspecified atom stereocenters. The van der Waals surface area contributed by atoms with Gasteiger partial charge in [0.2, 0.25) is 0 Å². The van der Waals surface area contributed by atoms with Gasteiger partial charge in [0.15, 0.2) is 4.34 Å². The molecule has 1 heterocycles. The van der Waals surface area contributed by atoms with Crippen molar-refractivity contribution in [3.63, 3.8) is 0 Å². The molecular formula is C8H13N3O2S2. The predicted molar refractivity (Wildman–Crippen MR) is 60.5 cm³/mol. The highest BCUT2D eigenvalue weighted by Gasteiger charge is 2.11. The van der Waals surface area contributed by atoms with Crippen molar-refractivity contribution in [3.05, 3.63) is 11.1 Å². The summed E-state index contributed by atoms with van der Waals surface area (Å²) in [5.74, 6) is -0.526. The van der Waals surface area contributed by atoms with E-state index >= 15 is 0 Å². The lowest BCUT2D eigenvalue weighted by Gasteiger charge is -2.17. The van der Waals surface area contributed by atoms with Gasteiger partial charge in [-0.1, -0.05) is 0 Å². The largest absolute Gasteiger partial charge is 0.364 e. The van der Waals surface area contributed by atoms with Gasteiger partial charge >= 0.3 is 0 Å². The van der Waals surface area contributed by atoms with Crippen LogP contribution in [0.4, 0.5) is 0 Å². The minimum absolute atomic E-state index is 0.128. The number of hydroxylamine groups is 1. The van der Waals surface area contributed by atoms with E-state index in [1.807, 2.05) is 20.8 Å². The average Bonchev–Trinajstić information content (AvgIpc) is 2.50. The monoisotopic (exact) mass is 247 g/mol. The number of carbonyl (C=O) groups is 1. The summed E-state index contributed by atoms with van der Waals surface area (Å²) >= 11 is 2.39. The summed E-state index contributed by atoms with van der Waals surface area (Å²) in [6.45, 7) is 5.93. The Kier molecular flexibility index (Phi) is 4.09. The van der Waals surface area contributed by atoms with Crippen molar-refractivity contribution in [2.75, 3.05) is 0 Å². The van der Waals surface area contributed by atoms with Crippen molar-refractivity contribution < 1.29 is 9.08 Å². The maximum atomic E-state index is 10.7. The number of amides is 1. The fourth-order valence-corrected chi connectivity index (χ4v) is 2.02. The van der Waals surface area contributed by atoms with Crippen molar-refractivity contribution >= 4 is 29.3 Å². The smallest absolute Gasteiger partial charge is 0.268 e. The molecule has 0 bridgehead atoms. The van der Waals surface area contributed by atoms with Crippen LogP contribution in [0.15, 0.2) is 9.72 Å². The Balaban J connectivity index is 2.41. The summed E-state index contributed by atoms with van der Waals surface area (Å²) in [6, 6.07) is 0. The lowest BCUT2D eigenvalue weighted by atomic mass is 10.1. The third-order valence-corrected chi connectivity index (χ3v) is 2.72. The first kappa shape index (κ1) is 12.4. The van der Waals surface area contributed by atoms with Crippen molar-refractivity contribution in [1.82, 2.24) is 10.5 Å².